The average Bonchev–Trinajstić information content (AvgIpc) is 3.19. The van der Waals surface area contributed by atoms with Crippen LogP contribution < -0.4 is 10.4 Å². The van der Waals surface area contributed by atoms with Gasteiger partial charge in [-0.1, -0.05) is 42.5 Å². The van der Waals surface area contributed by atoms with Crippen molar-refractivity contribution in [3.63, 3.8) is 0 Å². The number of hydrogen-bond acceptors (Lipinski definition) is 3. The average molecular weight is 412 g/mol. The van der Waals surface area contributed by atoms with E-state index >= 15 is 0 Å². The molecule has 3 aromatic carbocycles. The zero-order valence-electron chi connectivity index (χ0n) is 15.6. The number of hydrazine groups is 1. The minimum absolute atomic E-state index is 0.0781. The van der Waals surface area contributed by atoms with Gasteiger partial charge in [-0.25, -0.2) is 0 Å². The topological polar surface area (TPSA) is 15.3 Å². The molecule has 1 atom stereocenters. The van der Waals surface area contributed by atoms with Gasteiger partial charge in [0.2, 0.25) is 0 Å². The molecule has 0 spiro atoms. The Morgan fingerprint density at radius 1 is 0.862 bits per heavy atom. The van der Waals surface area contributed by atoms with E-state index in [1.807, 2.05) is 47.7 Å². The first-order chi connectivity index (χ1) is 14.0. The third-order valence-corrected chi connectivity index (χ3v) is 5.60. The molecule has 6 heteroatoms. The Hall–Kier alpha value is -2.86. The molecule has 0 radical (unpaired) electrons. The molecule has 0 bridgehead atoms. The number of hydrogen-bond donors (Lipinski definition) is 1. The van der Waals surface area contributed by atoms with Crippen molar-refractivity contribution in [2.24, 2.45) is 0 Å². The zero-order valence-corrected chi connectivity index (χ0v) is 16.5. The lowest BCUT2D eigenvalue weighted by Gasteiger charge is -2.27. The van der Waals surface area contributed by atoms with Crippen LogP contribution in [0.4, 0.5) is 18.9 Å². The zero-order chi connectivity index (χ0) is 20.4. The molecule has 3 aromatic rings. The summed E-state index contributed by atoms with van der Waals surface area (Å²) in [5.74, 6) is 0. The summed E-state index contributed by atoms with van der Waals surface area (Å²) in [5.41, 5.74) is 6.28. The molecule has 0 aliphatic carbocycles. The van der Waals surface area contributed by atoms with E-state index in [2.05, 4.69) is 29.7 Å². The Morgan fingerprint density at radius 3 is 2.10 bits per heavy atom. The van der Waals surface area contributed by atoms with Crippen molar-refractivity contribution in [1.82, 2.24) is 5.43 Å². The van der Waals surface area contributed by atoms with Crippen molar-refractivity contribution in [3.8, 4) is 0 Å². The molecule has 0 saturated carbocycles. The quantitative estimate of drug-likeness (QED) is 0.490. The number of halogens is 3. The first-order valence-electron chi connectivity index (χ1n) is 9.10. The smallest absolute Gasteiger partial charge is 0.297 e. The summed E-state index contributed by atoms with van der Waals surface area (Å²) in [4.78, 5) is 1.18. The van der Waals surface area contributed by atoms with Gasteiger partial charge in [0.05, 0.1) is 23.0 Å². The van der Waals surface area contributed by atoms with E-state index in [4.69, 9.17) is 0 Å². The highest BCUT2D eigenvalue weighted by Crippen LogP contribution is 2.36. The number of nitrogens with zero attached hydrogens (tertiary/aromatic N) is 1. The summed E-state index contributed by atoms with van der Waals surface area (Å²) < 4.78 is 38.7. The predicted molar refractivity (Wildman–Crippen MR) is 112 cm³/mol. The molecule has 1 heterocycles. The number of rotatable bonds is 4. The maximum absolute atomic E-state index is 12.9. The highest BCUT2D eigenvalue weighted by molar-refractivity contribution is 7.98. The lowest BCUT2D eigenvalue weighted by Crippen LogP contribution is -2.33. The fourth-order valence-electron chi connectivity index (χ4n) is 3.33. The van der Waals surface area contributed by atoms with Gasteiger partial charge in [0.1, 0.15) is 0 Å². The van der Waals surface area contributed by atoms with Crippen LogP contribution in [0.3, 0.4) is 0 Å². The van der Waals surface area contributed by atoms with Gasteiger partial charge in [0.25, 0.3) is 0 Å². The van der Waals surface area contributed by atoms with Gasteiger partial charge in [0, 0.05) is 4.90 Å². The lowest BCUT2D eigenvalue weighted by atomic mass is 10.0. The summed E-state index contributed by atoms with van der Waals surface area (Å²) in [6.45, 7) is 0. The number of para-hydroxylation sites is 1. The van der Waals surface area contributed by atoms with E-state index in [-0.39, 0.29) is 6.04 Å². The molecular weight excluding hydrogens is 393 g/mol. The number of benzene rings is 3. The Labute approximate surface area is 172 Å². The van der Waals surface area contributed by atoms with Gasteiger partial charge in [0.15, 0.2) is 0 Å². The van der Waals surface area contributed by atoms with Crippen LogP contribution in [0.25, 0.3) is 5.70 Å². The minimum Gasteiger partial charge on any atom is -0.297 e. The standard InChI is InChI=1S/C23H19F3N2S/c1-29-20-13-9-17(10-14-20)22-15-21(27-28(22)19-5-3-2-4-6-19)16-7-11-18(12-8-16)23(24,25)26/h2-15,22,27H,1H3. The second-order valence-electron chi connectivity index (χ2n) is 6.69. The van der Waals surface area contributed by atoms with Gasteiger partial charge in [-0.15, -0.1) is 11.8 Å². The molecule has 2 nitrogen and oxygen atoms in total. The summed E-state index contributed by atoms with van der Waals surface area (Å²) in [5, 5.41) is 2.03. The molecule has 0 amide bonds. The third kappa shape index (κ3) is 4.12. The molecule has 4 rings (SSSR count). The fourth-order valence-corrected chi connectivity index (χ4v) is 3.74. The molecular formula is C23H19F3N2S. The van der Waals surface area contributed by atoms with Gasteiger partial charge < -0.3 is 0 Å². The lowest BCUT2D eigenvalue weighted by molar-refractivity contribution is -0.137. The first-order valence-corrected chi connectivity index (χ1v) is 10.3. The highest BCUT2D eigenvalue weighted by atomic mass is 32.2. The van der Waals surface area contributed by atoms with Crippen LogP contribution in [0.5, 0.6) is 0 Å². The molecule has 1 unspecified atom stereocenters. The number of nitrogens with one attached hydrogen (secondary N) is 1. The first kappa shape index (κ1) is 19.5. The van der Waals surface area contributed by atoms with Crippen molar-refractivity contribution in [2.45, 2.75) is 17.1 Å². The fraction of sp³-hybridized carbons (Fsp3) is 0.130. The van der Waals surface area contributed by atoms with Gasteiger partial charge >= 0.3 is 6.18 Å². The molecule has 0 saturated heterocycles. The van der Waals surface area contributed by atoms with E-state index in [0.29, 0.717) is 5.56 Å². The summed E-state index contributed by atoms with van der Waals surface area (Å²) >= 11 is 1.68. The van der Waals surface area contributed by atoms with E-state index in [9.17, 15) is 13.2 Å². The molecule has 0 fully saturated rings. The van der Waals surface area contributed by atoms with Gasteiger partial charge in [-0.05, 0) is 59.9 Å². The van der Waals surface area contributed by atoms with Crippen LogP contribution in [-0.2, 0) is 6.18 Å². The Bertz CT molecular complexity index is 997. The second kappa shape index (κ2) is 7.87. The van der Waals surface area contributed by atoms with Crippen LogP contribution >= 0.6 is 11.8 Å². The highest BCUT2D eigenvalue weighted by Gasteiger charge is 2.31. The molecule has 1 aliphatic heterocycles. The van der Waals surface area contributed by atoms with E-state index in [0.717, 1.165) is 29.1 Å². The Balaban J connectivity index is 1.69. The summed E-state index contributed by atoms with van der Waals surface area (Å²) in [7, 11) is 0. The number of alkyl halides is 3. The maximum atomic E-state index is 12.9. The van der Waals surface area contributed by atoms with Crippen molar-refractivity contribution in [3.05, 3.63) is 102 Å². The van der Waals surface area contributed by atoms with Crippen molar-refractivity contribution in [2.75, 3.05) is 11.3 Å². The molecule has 1 aliphatic rings. The molecule has 0 aromatic heterocycles. The van der Waals surface area contributed by atoms with Crippen molar-refractivity contribution >= 4 is 23.1 Å². The monoisotopic (exact) mass is 412 g/mol. The van der Waals surface area contributed by atoms with E-state index < -0.39 is 11.7 Å². The maximum Gasteiger partial charge on any atom is 0.416 e. The normalized spacial score (nSPS) is 16.5. The molecule has 1 N–H and O–H groups in total. The molecule has 148 valence electrons. The van der Waals surface area contributed by atoms with Crippen molar-refractivity contribution < 1.29 is 13.2 Å². The number of thioether (sulfide) groups is 1. The second-order valence-corrected chi connectivity index (χ2v) is 7.57. The summed E-state index contributed by atoms with van der Waals surface area (Å²) in [6, 6.07) is 23.4. The van der Waals surface area contributed by atoms with Crippen LogP contribution in [-0.4, -0.2) is 6.26 Å². The molecule has 29 heavy (non-hydrogen) atoms. The van der Waals surface area contributed by atoms with Gasteiger partial charge in [-0.3, -0.25) is 10.4 Å². The van der Waals surface area contributed by atoms with Crippen LogP contribution in [0.1, 0.15) is 22.7 Å². The third-order valence-electron chi connectivity index (χ3n) is 4.86. The Morgan fingerprint density at radius 2 is 1.52 bits per heavy atom. The largest absolute Gasteiger partial charge is 0.416 e. The summed E-state index contributed by atoms with van der Waals surface area (Å²) in [6.07, 6.45) is -0.262. The van der Waals surface area contributed by atoms with Crippen LogP contribution in [0.15, 0.2) is 89.8 Å². The van der Waals surface area contributed by atoms with Crippen LogP contribution in [0, 0.1) is 0 Å². The van der Waals surface area contributed by atoms with Crippen molar-refractivity contribution in [1.29, 1.82) is 0 Å². The number of anilines is 1. The van der Waals surface area contributed by atoms with E-state index in [1.165, 1.54) is 17.0 Å². The van der Waals surface area contributed by atoms with E-state index in [1.54, 1.807) is 11.8 Å². The van der Waals surface area contributed by atoms with Crippen LogP contribution in [0.2, 0.25) is 0 Å². The SMILES string of the molecule is CSc1ccc(C2C=C(c3ccc(C(F)(F)F)cc3)NN2c2ccccc2)cc1. The predicted octanol–water partition coefficient (Wildman–Crippen LogP) is 6.53. The van der Waals surface area contributed by atoms with Gasteiger partial charge in [-0.2, -0.15) is 13.2 Å². The minimum atomic E-state index is -4.34. The Kier molecular flexibility index (Phi) is 5.28.